The van der Waals surface area contributed by atoms with E-state index in [1.807, 2.05) is 18.2 Å². The van der Waals surface area contributed by atoms with Crippen molar-refractivity contribution < 1.29 is 8.95 Å². The van der Waals surface area contributed by atoms with Crippen LogP contribution in [0.2, 0.25) is 0 Å². The van der Waals surface area contributed by atoms with Gasteiger partial charge in [-0.3, -0.25) is 4.21 Å². The third kappa shape index (κ3) is 2.69. The minimum absolute atomic E-state index is 0.169. The molecular weight excluding hydrogens is 234 g/mol. The summed E-state index contributed by atoms with van der Waals surface area (Å²) in [6.45, 7) is 4.90. The molecule has 4 heteroatoms. The Morgan fingerprint density at radius 2 is 2.12 bits per heavy atom. The van der Waals surface area contributed by atoms with Crippen molar-refractivity contribution in [3.8, 4) is 5.75 Å². The molecule has 1 heterocycles. The van der Waals surface area contributed by atoms with Gasteiger partial charge in [-0.25, -0.2) is 0 Å². The van der Waals surface area contributed by atoms with Crippen molar-refractivity contribution in [2.45, 2.75) is 25.5 Å². The van der Waals surface area contributed by atoms with Gasteiger partial charge >= 0.3 is 0 Å². The highest BCUT2D eigenvalue weighted by atomic mass is 32.2. The maximum absolute atomic E-state index is 11.1. The molecule has 0 saturated heterocycles. The smallest absolute Gasteiger partial charge is 0.125 e. The van der Waals surface area contributed by atoms with Gasteiger partial charge in [0.05, 0.1) is 6.04 Å². The maximum atomic E-state index is 11.1. The van der Waals surface area contributed by atoms with Gasteiger partial charge in [-0.2, -0.15) is 0 Å². The van der Waals surface area contributed by atoms with Crippen LogP contribution in [0, 0.1) is 0 Å². The first kappa shape index (κ1) is 12.6. The Morgan fingerprint density at radius 1 is 1.41 bits per heavy atom. The van der Waals surface area contributed by atoms with E-state index in [1.54, 1.807) is 6.26 Å². The largest absolute Gasteiger partial charge is 0.486 e. The Balaban J connectivity index is 2.11. The quantitative estimate of drug-likeness (QED) is 0.890. The minimum Gasteiger partial charge on any atom is -0.486 e. The van der Waals surface area contributed by atoms with Gasteiger partial charge in [0.25, 0.3) is 0 Å². The summed E-state index contributed by atoms with van der Waals surface area (Å²) in [5.74, 6) is 1.63. The standard InChI is InChI=1S/C13H19NO2S/c1-13(2)12(14-8-9-17(3)15)10-6-4-5-7-11(10)16-13/h4-7,12,14H,8-9H2,1-3H3. The zero-order valence-corrected chi connectivity index (χ0v) is 11.3. The molecule has 0 aliphatic carbocycles. The number of nitrogens with one attached hydrogen (secondary N) is 1. The van der Waals surface area contributed by atoms with Gasteiger partial charge in [-0.15, -0.1) is 0 Å². The van der Waals surface area contributed by atoms with Crippen LogP contribution in [-0.2, 0) is 10.8 Å². The van der Waals surface area contributed by atoms with Crippen LogP contribution < -0.4 is 10.1 Å². The van der Waals surface area contributed by atoms with Crippen molar-refractivity contribution in [2.75, 3.05) is 18.6 Å². The van der Waals surface area contributed by atoms with Crippen LogP contribution in [-0.4, -0.2) is 28.4 Å². The summed E-state index contributed by atoms with van der Waals surface area (Å²) in [6, 6.07) is 8.26. The molecule has 2 unspecified atom stereocenters. The van der Waals surface area contributed by atoms with Gasteiger partial charge in [-0.1, -0.05) is 18.2 Å². The Kier molecular flexibility index (Phi) is 3.54. The fraction of sp³-hybridized carbons (Fsp3) is 0.538. The molecule has 0 fully saturated rings. The zero-order chi connectivity index (χ0) is 12.5. The van der Waals surface area contributed by atoms with Crippen LogP contribution in [0.3, 0.4) is 0 Å². The Hall–Kier alpha value is -0.870. The monoisotopic (exact) mass is 253 g/mol. The minimum atomic E-state index is -0.751. The molecule has 94 valence electrons. The number of rotatable bonds is 4. The topological polar surface area (TPSA) is 38.3 Å². The van der Waals surface area contributed by atoms with E-state index in [-0.39, 0.29) is 11.6 Å². The van der Waals surface area contributed by atoms with Crippen LogP contribution in [0.1, 0.15) is 25.5 Å². The van der Waals surface area contributed by atoms with E-state index in [9.17, 15) is 4.21 Å². The summed E-state index contributed by atoms with van der Waals surface area (Å²) in [5.41, 5.74) is 0.943. The van der Waals surface area contributed by atoms with E-state index < -0.39 is 10.8 Å². The van der Waals surface area contributed by atoms with E-state index in [0.29, 0.717) is 5.75 Å². The first-order valence-corrected chi connectivity index (χ1v) is 7.55. The van der Waals surface area contributed by atoms with Crippen LogP contribution in [0.15, 0.2) is 24.3 Å². The fourth-order valence-corrected chi connectivity index (χ4v) is 2.64. The van der Waals surface area contributed by atoms with Crippen molar-refractivity contribution in [2.24, 2.45) is 0 Å². The molecule has 0 radical (unpaired) electrons. The number of para-hydroxylation sites is 1. The highest BCUT2D eigenvalue weighted by molar-refractivity contribution is 7.84. The molecule has 3 nitrogen and oxygen atoms in total. The van der Waals surface area contributed by atoms with Gasteiger partial charge < -0.3 is 10.1 Å². The van der Waals surface area contributed by atoms with Gasteiger partial charge in [0, 0.05) is 34.9 Å². The molecule has 2 atom stereocenters. The van der Waals surface area contributed by atoms with Gasteiger partial charge in [-0.05, 0) is 19.9 Å². The lowest BCUT2D eigenvalue weighted by Gasteiger charge is -2.27. The maximum Gasteiger partial charge on any atom is 0.125 e. The summed E-state index contributed by atoms with van der Waals surface area (Å²) >= 11 is 0. The summed E-state index contributed by atoms with van der Waals surface area (Å²) in [5, 5.41) is 3.44. The Morgan fingerprint density at radius 3 is 2.82 bits per heavy atom. The number of hydrogen-bond donors (Lipinski definition) is 1. The molecule has 2 rings (SSSR count). The molecule has 1 aromatic carbocycles. The summed E-state index contributed by atoms with van der Waals surface area (Å²) in [7, 11) is -0.751. The molecule has 1 aliphatic rings. The predicted molar refractivity (Wildman–Crippen MR) is 70.8 cm³/mol. The second kappa shape index (κ2) is 4.78. The van der Waals surface area contributed by atoms with Gasteiger partial charge in [0.1, 0.15) is 11.4 Å². The average Bonchev–Trinajstić information content (AvgIpc) is 2.49. The SMILES string of the molecule is CS(=O)CCNC1c2ccccc2OC1(C)C. The number of benzene rings is 1. The highest BCUT2D eigenvalue weighted by Crippen LogP contribution is 2.42. The van der Waals surface area contributed by atoms with Crippen LogP contribution in [0.4, 0.5) is 0 Å². The van der Waals surface area contributed by atoms with Crippen LogP contribution in [0.25, 0.3) is 0 Å². The lowest BCUT2D eigenvalue weighted by atomic mass is 9.94. The zero-order valence-electron chi connectivity index (χ0n) is 10.5. The van der Waals surface area contributed by atoms with Crippen LogP contribution in [0.5, 0.6) is 5.75 Å². The number of hydrogen-bond acceptors (Lipinski definition) is 3. The van der Waals surface area contributed by atoms with Gasteiger partial charge in [0.2, 0.25) is 0 Å². The second-order valence-corrected chi connectivity index (χ2v) is 6.46. The van der Waals surface area contributed by atoms with Crippen molar-refractivity contribution in [3.05, 3.63) is 29.8 Å². The van der Waals surface area contributed by atoms with E-state index in [0.717, 1.165) is 12.3 Å². The van der Waals surface area contributed by atoms with E-state index >= 15 is 0 Å². The normalized spacial score (nSPS) is 22.9. The molecule has 0 spiro atoms. The van der Waals surface area contributed by atoms with Crippen LogP contribution >= 0.6 is 0 Å². The molecule has 1 N–H and O–H groups in total. The lowest BCUT2D eigenvalue weighted by Crippen LogP contribution is -2.40. The second-order valence-electron chi connectivity index (χ2n) is 4.91. The Labute approximate surface area is 105 Å². The van der Waals surface area contributed by atoms with Crippen molar-refractivity contribution in [1.29, 1.82) is 0 Å². The molecule has 17 heavy (non-hydrogen) atoms. The fourth-order valence-electron chi connectivity index (χ4n) is 2.23. The van der Waals surface area contributed by atoms with Crippen molar-refractivity contribution in [3.63, 3.8) is 0 Å². The predicted octanol–water partition coefficient (Wildman–Crippen LogP) is 1.87. The van der Waals surface area contributed by atoms with Crippen molar-refractivity contribution in [1.82, 2.24) is 5.32 Å². The highest BCUT2D eigenvalue weighted by Gasteiger charge is 2.40. The molecule has 0 amide bonds. The molecule has 0 bridgehead atoms. The first-order chi connectivity index (χ1) is 8.00. The average molecular weight is 253 g/mol. The molecule has 1 aromatic rings. The third-order valence-electron chi connectivity index (χ3n) is 3.04. The molecule has 0 saturated carbocycles. The lowest BCUT2D eigenvalue weighted by molar-refractivity contribution is 0.0974. The summed E-state index contributed by atoms with van der Waals surface area (Å²) < 4.78 is 17.0. The Bertz CT molecular complexity index is 431. The van der Waals surface area contributed by atoms with E-state index in [1.165, 1.54) is 5.56 Å². The molecular formula is C13H19NO2S. The molecule has 1 aliphatic heterocycles. The number of ether oxygens (including phenoxy) is 1. The van der Waals surface area contributed by atoms with Gasteiger partial charge in [0.15, 0.2) is 0 Å². The first-order valence-electron chi connectivity index (χ1n) is 5.82. The van der Waals surface area contributed by atoms with E-state index in [4.69, 9.17) is 4.74 Å². The van der Waals surface area contributed by atoms with Crippen molar-refractivity contribution >= 4 is 10.8 Å². The summed E-state index contributed by atoms with van der Waals surface area (Å²) in [4.78, 5) is 0. The third-order valence-corrected chi connectivity index (χ3v) is 3.82. The number of fused-ring (bicyclic) bond motifs is 1. The van der Waals surface area contributed by atoms with E-state index in [2.05, 4.69) is 25.2 Å². The summed E-state index contributed by atoms with van der Waals surface area (Å²) in [6.07, 6.45) is 1.73. The molecule has 0 aromatic heterocycles.